The molecule has 0 heterocycles. The summed E-state index contributed by atoms with van der Waals surface area (Å²) in [5.74, 6) is 2.35. The molecular weight excluding hydrogens is 248 g/mol. The first-order chi connectivity index (χ1) is 9.60. The van der Waals surface area contributed by atoms with Crippen molar-refractivity contribution in [3.8, 4) is 5.75 Å². The number of methoxy groups -OCH3 is 1. The van der Waals surface area contributed by atoms with E-state index in [1.54, 1.807) is 14.0 Å². The Labute approximate surface area is 122 Å². The third-order valence-electron chi connectivity index (χ3n) is 4.45. The Morgan fingerprint density at radius 2 is 2.05 bits per heavy atom. The molecule has 2 nitrogen and oxygen atoms in total. The van der Waals surface area contributed by atoms with Crippen LogP contribution in [-0.2, 0) is 11.2 Å². The van der Waals surface area contributed by atoms with Crippen LogP contribution in [0.5, 0.6) is 5.75 Å². The minimum absolute atomic E-state index is 0.255. The summed E-state index contributed by atoms with van der Waals surface area (Å²) in [4.78, 5) is 11.3. The van der Waals surface area contributed by atoms with Gasteiger partial charge in [0.25, 0.3) is 0 Å². The molecule has 0 aromatic heterocycles. The van der Waals surface area contributed by atoms with Crippen molar-refractivity contribution in [3.63, 3.8) is 0 Å². The number of hydrogen-bond acceptors (Lipinski definition) is 2. The number of benzene rings is 1. The number of carbonyl (C=O) groups is 1. The minimum Gasteiger partial charge on any atom is -0.496 e. The van der Waals surface area contributed by atoms with E-state index in [1.807, 2.05) is 0 Å². The van der Waals surface area contributed by atoms with Crippen LogP contribution in [0.1, 0.15) is 63.0 Å². The molecular formula is C18H26O2. The Kier molecular flexibility index (Phi) is 5.22. The van der Waals surface area contributed by atoms with E-state index < -0.39 is 0 Å². The van der Waals surface area contributed by atoms with Crippen LogP contribution in [0.15, 0.2) is 18.2 Å². The molecule has 1 atom stereocenters. The van der Waals surface area contributed by atoms with E-state index >= 15 is 0 Å². The number of ketones is 1. The molecule has 1 fully saturated rings. The van der Waals surface area contributed by atoms with Crippen LogP contribution < -0.4 is 4.74 Å². The van der Waals surface area contributed by atoms with Gasteiger partial charge in [-0.2, -0.15) is 0 Å². The molecule has 0 saturated heterocycles. The van der Waals surface area contributed by atoms with Crippen molar-refractivity contribution in [2.45, 2.75) is 58.3 Å². The lowest BCUT2D eigenvalue weighted by Gasteiger charge is -2.17. The van der Waals surface area contributed by atoms with Gasteiger partial charge < -0.3 is 9.53 Å². The first kappa shape index (κ1) is 15.1. The SMILES string of the molecule is COc1ccc([C@@H](C)CC(C)=O)cc1CC1CCCC1. The highest BCUT2D eigenvalue weighted by atomic mass is 16.5. The van der Waals surface area contributed by atoms with Crippen LogP contribution in [0, 0.1) is 5.92 Å². The van der Waals surface area contributed by atoms with E-state index in [0.29, 0.717) is 12.3 Å². The molecule has 2 rings (SSSR count). The van der Waals surface area contributed by atoms with E-state index in [0.717, 1.165) is 18.1 Å². The fourth-order valence-electron chi connectivity index (χ4n) is 3.34. The van der Waals surface area contributed by atoms with Crippen LogP contribution in [0.4, 0.5) is 0 Å². The summed E-state index contributed by atoms with van der Waals surface area (Å²) in [6.07, 6.45) is 7.16. The third kappa shape index (κ3) is 3.84. The Balaban J connectivity index is 2.16. The highest BCUT2D eigenvalue weighted by Gasteiger charge is 2.18. The van der Waals surface area contributed by atoms with Crippen LogP contribution in [0.2, 0.25) is 0 Å². The average Bonchev–Trinajstić information content (AvgIpc) is 2.90. The fourth-order valence-corrected chi connectivity index (χ4v) is 3.34. The van der Waals surface area contributed by atoms with Gasteiger partial charge in [0.1, 0.15) is 11.5 Å². The van der Waals surface area contributed by atoms with Crippen LogP contribution in [0.25, 0.3) is 0 Å². The molecule has 0 amide bonds. The zero-order valence-electron chi connectivity index (χ0n) is 12.9. The second kappa shape index (κ2) is 6.92. The molecule has 1 aromatic carbocycles. The molecule has 0 bridgehead atoms. The Morgan fingerprint density at radius 3 is 2.65 bits per heavy atom. The average molecular weight is 274 g/mol. The lowest BCUT2D eigenvalue weighted by atomic mass is 9.91. The van der Waals surface area contributed by atoms with E-state index in [2.05, 4.69) is 25.1 Å². The quantitative estimate of drug-likeness (QED) is 0.763. The summed E-state index contributed by atoms with van der Waals surface area (Å²) in [5.41, 5.74) is 2.57. The van der Waals surface area contributed by atoms with Crippen molar-refractivity contribution >= 4 is 5.78 Å². The lowest BCUT2D eigenvalue weighted by molar-refractivity contribution is -0.117. The number of ether oxygens (including phenoxy) is 1. The van der Waals surface area contributed by atoms with Crippen molar-refractivity contribution in [1.29, 1.82) is 0 Å². The van der Waals surface area contributed by atoms with Crippen LogP contribution >= 0.6 is 0 Å². The van der Waals surface area contributed by atoms with Crippen LogP contribution in [-0.4, -0.2) is 12.9 Å². The highest BCUT2D eigenvalue weighted by Crippen LogP contribution is 2.33. The highest BCUT2D eigenvalue weighted by molar-refractivity contribution is 5.76. The monoisotopic (exact) mass is 274 g/mol. The summed E-state index contributed by atoms with van der Waals surface area (Å²) in [6, 6.07) is 6.42. The van der Waals surface area contributed by atoms with Gasteiger partial charge in [-0.25, -0.2) is 0 Å². The fraction of sp³-hybridized carbons (Fsp3) is 0.611. The molecule has 0 unspecified atom stereocenters. The minimum atomic E-state index is 0.255. The molecule has 1 aromatic rings. The molecule has 0 N–H and O–H groups in total. The maximum atomic E-state index is 11.3. The summed E-state index contributed by atoms with van der Waals surface area (Å²) in [6.45, 7) is 3.79. The molecule has 20 heavy (non-hydrogen) atoms. The molecule has 1 aliphatic carbocycles. The predicted octanol–water partition coefficient (Wildman–Crippen LogP) is 4.51. The van der Waals surface area contributed by atoms with Gasteiger partial charge in [-0.15, -0.1) is 0 Å². The number of Topliss-reactive ketones (excluding diaryl/α,β-unsaturated/α-hetero) is 1. The van der Waals surface area contributed by atoms with Crippen molar-refractivity contribution in [2.75, 3.05) is 7.11 Å². The van der Waals surface area contributed by atoms with Gasteiger partial charge in [-0.05, 0) is 42.4 Å². The van der Waals surface area contributed by atoms with E-state index in [-0.39, 0.29) is 5.78 Å². The Hall–Kier alpha value is -1.31. The topological polar surface area (TPSA) is 26.3 Å². The standard InChI is InChI=1S/C18H26O2/c1-13(10-14(2)19)16-8-9-18(20-3)17(12-16)11-15-6-4-5-7-15/h8-9,12-13,15H,4-7,10-11H2,1-3H3/t13-/m0/s1. The number of hydrogen-bond donors (Lipinski definition) is 0. The van der Waals surface area contributed by atoms with Crippen LogP contribution in [0.3, 0.4) is 0 Å². The zero-order chi connectivity index (χ0) is 14.5. The second-order valence-corrected chi connectivity index (χ2v) is 6.23. The van der Waals surface area contributed by atoms with E-state index in [9.17, 15) is 4.79 Å². The second-order valence-electron chi connectivity index (χ2n) is 6.23. The Bertz CT molecular complexity index is 458. The van der Waals surface area contributed by atoms with Crippen molar-refractivity contribution in [3.05, 3.63) is 29.3 Å². The predicted molar refractivity (Wildman–Crippen MR) is 82.4 cm³/mol. The maximum Gasteiger partial charge on any atom is 0.130 e. The van der Waals surface area contributed by atoms with Gasteiger partial charge in [-0.3, -0.25) is 0 Å². The Morgan fingerprint density at radius 1 is 1.35 bits per heavy atom. The molecule has 1 aliphatic rings. The number of carbonyl (C=O) groups excluding carboxylic acids is 1. The molecule has 1 saturated carbocycles. The first-order valence-electron chi connectivity index (χ1n) is 7.76. The summed E-state index contributed by atoms with van der Waals surface area (Å²) in [7, 11) is 1.74. The largest absolute Gasteiger partial charge is 0.496 e. The van der Waals surface area contributed by atoms with Gasteiger partial charge in [-0.1, -0.05) is 44.7 Å². The summed E-state index contributed by atoms with van der Waals surface area (Å²) >= 11 is 0. The first-order valence-corrected chi connectivity index (χ1v) is 7.76. The van der Waals surface area contributed by atoms with Gasteiger partial charge in [0.05, 0.1) is 7.11 Å². The third-order valence-corrected chi connectivity index (χ3v) is 4.45. The molecule has 110 valence electrons. The van der Waals surface area contributed by atoms with Crippen molar-refractivity contribution < 1.29 is 9.53 Å². The molecule has 0 aliphatic heterocycles. The van der Waals surface area contributed by atoms with Crippen molar-refractivity contribution in [1.82, 2.24) is 0 Å². The van der Waals surface area contributed by atoms with E-state index in [1.165, 1.54) is 36.8 Å². The van der Waals surface area contributed by atoms with Gasteiger partial charge in [0, 0.05) is 6.42 Å². The summed E-state index contributed by atoms with van der Waals surface area (Å²) in [5, 5.41) is 0. The summed E-state index contributed by atoms with van der Waals surface area (Å²) < 4.78 is 5.50. The zero-order valence-corrected chi connectivity index (χ0v) is 12.9. The van der Waals surface area contributed by atoms with Gasteiger partial charge >= 0.3 is 0 Å². The van der Waals surface area contributed by atoms with E-state index in [4.69, 9.17) is 4.74 Å². The molecule has 2 heteroatoms. The van der Waals surface area contributed by atoms with Gasteiger partial charge in [0.2, 0.25) is 0 Å². The lowest BCUT2D eigenvalue weighted by Crippen LogP contribution is -2.05. The molecule has 0 radical (unpaired) electrons. The smallest absolute Gasteiger partial charge is 0.130 e. The van der Waals surface area contributed by atoms with Gasteiger partial charge in [0.15, 0.2) is 0 Å². The molecule has 0 spiro atoms. The van der Waals surface area contributed by atoms with Crippen molar-refractivity contribution in [2.24, 2.45) is 5.92 Å². The maximum absolute atomic E-state index is 11.3. The number of rotatable bonds is 6. The normalized spacial score (nSPS) is 17.1.